The zero-order valence-electron chi connectivity index (χ0n) is 6.67. The second-order valence-corrected chi connectivity index (χ2v) is 2.59. The normalized spacial score (nSPS) is 23.2. The molecule has 62 valence electrons. The Morgan fingerprint density at radius 1 is 1.73 bits per heavy atom. The van der Waals surface area contributed by atoms with Crippen LogP contribution in [0.15, 0.2) is 12.2 Å². The van der Waals surface area contributed by atoms with E-state index in [1.807, 2.05) is 0 Å². The maximum Gasteiger partial charge on any atom is 0.307 e. The SMILES string of the molecule is COC(=O)CC1CC=CCN1. The Morgan fingerprint density at radius 3 is 3.09 bits per heavy atom. The molecule has 0 amide bonds. The first-order valence-electron chi connectivity index (χ1n) is 3.78. The van der Waals surface area contributed by atoms with E-state index in [9.17, 15) is 4.79 Å². The number of hydrogen-bond donors (Lipinski definition) is 1. The van der Waals surface area contributed by atoms with Gasteiger partial charge in [-0.2, -0.15) is 0 Å². The summed E-state index contributed by atoms with van der Waals surface area (Å²) in [7, 11) is 1.42. The summed E-state index contributed by atoms with van der Waals surface area (Å²) in [5.41, 5.74) is 0. The fourth-order valence-corrected chi connectivity index (χ4v) is 1.10. The third-order valence-electron chi connectivity index (χ3n) is 1.75. The molecule has 1 atom stereocenters. The van der Waals surface area contributed by atoms with E-state index in [2.05, 4.69) is 22.2 Å². The van der Waals surface area contributed by atoms with Gasteiger partial charge in [-0.3, -0.25) is 4.79 Å². The molecule has 0 spiro atoms. The van der Waals surface area contributed by atoms with Gasteiger partial charge in [-0.1, -0.05) is 12.2 Å². The summed E-state index contributed by atoms with van der Waals surface area (Å²) < 4.78 is 4.55. The minimum atomic E-state index is -0.141. The van der Waals surface area contributed by atoms with Crippen molar-refractivity contribution < 1.29 is 9.53 Å². The topological polar surface area (TPSA) is 38.3 Å². The van der Waals surface area contributed by atoms with E-state index in [4.69, 9.17) is 0 Å². The van der Waals surface area contributed by atoms with Crippen molar-refractivity contribution >= 4 is 5.97 Å². The van der Waals surface area contributed by atoms with Crippen molar-refractivity contribution in [2.24, 2.45) is 0 Å². The smallest absolute Gasteiger partial charge is 0.307 e. The van der Waals surface area contributed by atoms with E-state index < -0.39 is 0 Å². The predicted octanol–water partition coefficient (Wildman–Crippen LogP) is 0.468. The number of ether oxygens (including phenoxy) is 1. The zero-order valence-corrected chi connectivity index (χ0v) is 6.67. The Morgan fingerprint density at radius 2 is 2.55 bits per heavy atom. The molecule has 11 heavy (non-hydrogen) atoms. The molecule has 0 aromatic rings. The summed E-state index contributed by atoms with van der Waals surface area (Å²) in [6.45, 7) is 0.863. The van der Waals surface area contributed by atoms with E-state index in [0.29, 0.717) is 6.42 Å². The van der Waals surface area contributed by atoms with Crippen molar-refractivity contribution in [2.75, 3.05) is 13.7 Å². The molecular weight excluding hydrogens is 142 g/mol. The fourth-order valence-electron chi connectivity index (χ4n) is 1.10. The summed E-state index contributed by atoms with van der Waals surface area (Å²) >= 11 is 0. The number of hydrogen-bond acceptors (Lipinski definition) is 3. The molecule has 0 aromatic heterocycles. The average molecular weight is 155 g/mol. The van der Waals surface area contributed by atoms with E-state index in [1.54, 1.807) is 0 Å². The Balaban J connectivity index is 2.26. The number of nitrogens with one attached hydrogen (secondary N) is 1. The van der Waals surface area contributed by atoms with Crippen molar-refractivity contribution in [3.8, 4) is 0 Å². The first-order chi connectivity index (χ1) is 5.33. The molecule has 1 unspecified atom stereocenters. The van der Waals surface area contributed by atoms with Gasteiger partial charge in [0.1, 0.15) is 0 Å². The van der Waals surface area contributed by atoms with Crippen molar-refractivity contribution in [2.45, 2.75) is 18.9 Å². The van der Waals surface area contributed by atoms with Crippen LogP contribution < -0.4 is 5.32 Å². The first-order valence-corrected chi connectivity index (χ1v) is 3.78. The predicted molar refractivity (Wildman–Crippen MR) is 42.2 cm³/mol. The van der Waals surface area contributed by atoms with Crippen LogP contribution in [-0.2, 0) is 9.53 Å². The summed E-state index contributed by atoms with van der Waals surface area (Å²) in [5, 5.41) is 3.20. The van der Waals surface area contributed by atoms with E-state index in [0.717, 1.165) is 13.0 Å². The minimum absolute atomic E-state index is 0.141. The molecule has 0 saturated carbocycles. The lowest BCUT2D eigenvalue weighted by Crippen LogP contribution is -2.33. The molecule has 0 aromatic carbocycles. The largest absolute Gasteiger partial charge is 0.469 e. The van der Waals surface area contributed by atoms with Crippen LogP contribution in [0.2, 0.25) is 0 Å². The van der Waals surface area contributed by atoms with Gasteiger partial charge in [0.15, 0.2) is 0 Å². The molecule has 3 nitrogen and oxygen atoms in total. The standard InChI is InChI=1S/C8H13NO2/c1-11-8(10)6-7-4-2-3-5-9-7/h2-3,7,9H,4-6H2,1H3. The van der Waals surface area contributed by atoms with Gasteiger partial charge in [-0.05, 0) is 6.42 Å². The van der Waals surface area contributed by atoms with Gasteiger partial charge in [0.25, 0.3) is 0 Å². The Labute approximate surface area is 66.4 Å². The van der Waals surface area contributed by atoms with E-state index >= 15 is 0 Å². The van der Waals surface area contributed by atoms with Gasteiger partial charge in [0.05, 0.1) is 13.5 Å². The van der Waals surface area contributed by atoms with Gasteiger partial charge in [0.2, 0.25) is 0 Å². The summed E-state index contributed by atoms with van der Waals surface area (Å²) in [6, 6.07) is 0.271. The second kappa shape index (κ2) is 4.13. The molecule has 0 bridgehead atoms. The highest BCUT2D eigenvalue weighted by Crippen LogP contribution is 2.04. The molecule has 0 fully saturated rings. The van der Waals surface area contributed by atoms with Crippen LogP contribution in [0.4, 0.5) is 0 Å². The van der Waals surface area contributed by atoms with Crippen LogP contribution in [0.3, 0.4) is 0 Å². The number of carbonyl (C=O) groups excluding carboxylic acids is 1. The van der Waals surface area contributed by atoms with Crippen LogP contribution in [0.5, 0.6) is 0 Å². The highest BCUT2D eigenvalue weighted by molar-refractivity contribution is 5.69. The van der Waals surface area contributed by atoms with Crippen molar-refractivity contribution in [1.82, 2.24) is 5.32 Å². The molecule has 1 heterocycles. The Bertz CT molecular complexity index is 165. The number of carbonyl (C=O) groups is 1. The molecule has 1 aliphatic heterocycles. The molecule has 1 aliphatic rings. The minimum Gasteiger partial charge on any atom is -0.469 e. The quantitative estimate of drug-likeness (QED) is 0.465. The first kappa shape index (κ1) is 8.27. The summed E-state index contributed by atoms with van der Waals surface area (Å²) in [4.78, 5) is 10.8. The lowest BCUT2D eigenvalue weighted by molar-refractivity contribution is -0.141. The maximum absolute atomic E-state index is 10.8. The Kier molecular flexibility index (Phi) is 3.11. The van der Waals surface area contributed by atoms with Crippen molar-refractivity contribution in [3.63, 3.8) is 0 Å². The molecule has 1 rings (SSSR count). The average Bonchev–Trinajstić information content (AvgIpc) is 2.06. The van der Waals surface area contributed by atoms with Crippen LogP contribution in [0.25, 0.3) is 0 Å². The zero-order chi connectivity index (χ0) is 8.10. The second-order valence-electron chi connectivity index (χ2n) is 2.59. The summed E-state index contributed by atoms with van der Waals surface area (Å²) in [6.07, 6.45) is 5.55. The Hall–Kier alpha value is -0.830. The van der Waals surface area contributed by atoms with Crippen LogP contribution in [0, 0.1) is 0 Å². The van der Waals surface area contributed by atoms with Gasteiger partial charge >= 0.3 is 5.97 Å². The number of methoxy groups -OCH3 is 1. The van der Waals surface area contributed by atoms with Crippen LogP contribution >= 0.6 is 0 Å². The van der Waals surface area contributed by atoms with Crippen molar-refractivity contribution in [3.05, 3.63) is 12.2 Å². The summed E-state index contributed by atoms with van der Waals surface area (Å²) in [5.74, 6) is -0.141. The third kappa shape index (κ3) is 2.72. The number of rotatable bonds is 2. The van der Waals surface area contributed by atoms with Gasteiger partial charge < -0.3 is 10.1 Å². The van der Waals surface area contributed by atoms with Gasteiger partial charge in [0, 0.05) is 12.6 Å². The third-order valence-corrected chi connectivity index (χ3v) is 1.75. The van der Waals surface area contributed by atoms with Crippen LogP contribution in [0.1, 0.15) is 12.8 Å². The van der Waals surface area contributed by atoms with Crippen molar-refractivity contribution in [1.29, 1.82) is 0 Å². The van der Waals surface area contributed by atoms with E-state index in [1.165, 1.54) is 7.11 Å². The van der Waals surface area contributed by atoms with E-state index in [-0.39, 0.29) is 12.0 Å². The number of esters is 1. The lowest BCUT2D eigenvalue weighted by Gasteiger charge is -2.17. The molecular formula is C8H13NO2. The van der Waals surface area contributed by atoms with Gasteiger partial charge in [-0.25, -0.2) is 0 Å². The lowest BCUT2D eigenvalue weighted by atomic mass is 10.1. The monoisotopic (exact) mass is 155 g/mol. The van der Waals surface area contributed by atoms with Crippen LogP contribution in [-0.4, -0.2) is 25.7 Å². The highest BCUT2D eigenvalue weighted by atomic mass is 16.5. The fraction of sp³-hybridized carbons (Fsp3) is 0.625. The molecule has 0 aliphatic carbocycles. The highest BCUT2D eigenvalue weighted by Gasteiger charge is 2.13. The molecule has 0 saturated heterocycles. The molecule has 1 N–H and O–H groups in total. The molecule has 0 radical (unpaired) electrons. The molecule has 3 heteroatoms. The maximum atomic E-state index is 10.8. The van der Waals surface area contributed by atoms with Gasteiger partial charge in [-0.15, -0.1) is 0 Å².